The first kappa shape index (κ1) is 29.7. The Morgan fingerprint density at radius 2 is 1.61 bits per heavy atom. The van der Waals surface area contributed by atoms with Crippen LogP contribution in [0.2, 0.25) is 5.04 Å². The first-order chi connectivity index (χ1) is 21.2. The van der Waals surface area contributed by atoms with Crippen molar-refractivity contribution in [2.45, 2.75) is 50.3 Å². The Morgan fingerprint density at radius 1 is 0.932 bits per heavy atom. The van der Waals surface area contributed by atoms with Gasteiger partial charge >= 0.3 is 0 Å². The average Bonchev–Trinajstić information content (AvgIpc) is 3.59. The predicted octanol–water partition coefficient (Wildman–Crippen LogP) is 3.75. The molecule has 4 atom stereocenters. The largest absolute Gasteiger partial charge is 0.405 e. The highest BCUT2D eigenvalue weighted by molar-refractivity contribution is 6.99. The molecule has 5 aromatic rings. The molecular formula is C34H35N5O4Si. The van der Waals surface area contributed by atoms with Crippen molar-refractivity contribution < 1.29 is 19.4 Å². The standard InChI is InChI=1S/C34H35N5O4Si/c1-5-23-13-12-14-24(19-23)38-31-28-32(36-21-35-31)39(22-37-28)33-30(41)29(40)27(43-33)20-42-44(34(2,3)4,25-15-8-6-9-16-25)26-17-10-7-11-18-26/h1,6-19,21-22,27,29-30,33,40-41H,20H2,2-4H3,(H,35,36,38)/t27-,29-,30-,33-/m1/s1. The summed E-state index contributed by atoms with van der Waals surface area (Å²) in [7, 11) is -2.89. The quantitative estimate of drug-likeness (QED) is 0.181. The third-order valence-corrected chi connectivity index (χ3v) is 13.1. The molecule has 3 heterocycles. The van der Waals surface area contributed by atoms with Gasteiger partial charge in [0, 0.05) is 11.3 Å². The summed E-state index contributed by atoms with van der Waals surface area (Å²) < 4.78 is 14.9. The molecule has 1 aliphatic heterocycles. The Labute approximate surface area is 257 Å². The fourth-order valence-corrected chi connectivity index (χ4v) is 10.6. The highest BCUT2D eigenvalue weighted by Gasteiger charge is 2.52. The monoisotopic (exact) mass is 605 g/mol. The van der Waals surface area contributed by atoms with Gasteiger partial charge in [-0.2, -0.15) is 0 Å². The number of terminal acetylenes is 1. The van der Waals surface area contributed by atoms with E-state index in [0.29, 0.717) is 17.0 Å². The van der Waals surface area contributed by atoms with Gasteiger partial charge in [-0.05, 0) is 33.6 Å². The van der Waals surface area contributed by atoms with Crippen LogP contribution in [-0.2, 0) is 9.16 Å². The second kappa shape index (κ2) is 12.0. The predicted molar refractivity (Wildman–Crippen MR) is 172 cm³/mol. The van der Waals surface area contributed by atoms with Crippen LogP contribution in [0.1, 0.15) is 32.6 Å². The third kappa shape index (κ3) is 5.30. The Bertz CT molecular complexity index is 1750. The van der Waals surface area contributed by atoms with Crippen LogP contribution in [-0.4, -0.2) is 63.0 Å². The molecule has 1 fully saturated rings. The summed E-state index contributed by atoms with van der Waals surface area (Å²) >= 11 is 0. The minimum absolute atomic E-state index is 0.0853. The zero-order chi connectivity index (χ0) is 30.9. The molecule has 0 saturated carbocycles. The van der Waals surface area contributed by atoms with Crippen molar-refractivity contribution in [2.24, 2.45) is 0 Å². The summed E-state index contributed by atoms with van der Waals surface area (Å²) in [6.07, 6.45) is 4.34. The minimum atomic E-state index is -2.89. The van der Waals surface area contributed by atoms with Gasteiger partial charge in [-0.1, -0.05) is 93.4 Å². The molecular weight excluding hydrogens is 570 g/mol. The number of hydrogen-bond acceptors (Lipinski definition) is 8. The van der Waals surface area contributed by atoms with Gasteiger partial charge in [-0.25, -0.2) is 15.0 Å². The summed E-state index contributed by atoms with van der Waals surface area (Å²) in [5.74, 6) is 3.10. The molecule has 10 heteroatoms. The van der Waals surface area contributed by atoms with Gasteiger partial charge in [0.1, 0.15) is 24.6 Å². The van der Waals surface area contributed by atoms with Crippen LogP contribution in [0.5, 0.6) is 0 Å². The van der Waals surface area contributed by atoms with Crippen LogP contribution in [0, 0.1) is 12.3 Å². The second-order valence-electron chi connectivity index (χ2n) is 11.9. The number of ether oxygens (including phenoxy) is 1. The molecule has 3 aromatic carbocycles. The summed E-state index contributed by atoms with van der Waals surface area (Å²) in [4.78, 5) is 13.3. The van der Waals surface area contributed by atoms with Crippen molar-refractivity contribution in [3.05, 3.63) is 103 Å². The van der Waals surface area contributed by atoms with E-state index in [1.54, 1.807) is 4.57 Å². The number of hydrogen-bond donors (Lipinski definition) is 3. The molecule has 9 nitrogen and oxygen atoms in total. The van der Waals surface area contributed by atoms with E-state index in [0.717, 1.165) is 21.6 Å². The Kier molecular flexibility index (Phi) is 8.07. The third-order valence-electron chi connectivity index (χ3n) is 8.14. The maximum Gasteiger partial charge on any atom is 0.261 e. The number of rotatable bonds is 8. The fraction of sp³-hybridized carbons (Fsp3) is 0.265. The molecule has 0 spiro atoms. The summed E-state index contributed by atoms with van der Waals surface area (Å²) in [5.41, 5.74) is 2.41. The van der Waals surface area contributed by atoms with E-state index < -0.39 is 32.9 Å². The number of aromatic nitrogens is 4. The van der Waals surface area contributed by atoms with E-state index in [2.05, 4.69) is 71.2 Å². The van der Waals surface area contributed by atoms with Crippen molar-refractivity contribution in [2.75, 3.05) is 11.9 Å². The van der Waals surface area contributed by atoms with Gasteiger partial charge in [0.15, 0.2) is 23.2 Å². The molecule has 1 saturated heterocycles. The lowest BCUT2D eigenvalue weighted by Gasteiger charge is -2.43. The smallest absolute Gasteiger partial charge is 0.261 e. The summed E-state index contributed by atoms with van der Waals surface area (Å²) in [6, 6.07) is 27.9. The Balaban J connectivity index is 1.28. The van der Waals surface area contributed by atoms with E-state index in [-0.39, 0.29) is 11.6 Å². The summed E-state index contributed by atoms with van der Waals surface area (Å²) in [5, 5.41) is 27.6. The van der Waals surface area contributed by atoms with Gasteiger partial charge in [-0.3, -0.25) is 4.57 Å². The van der Waals surface area contributed by atoms with Crippen LogP contribution in [0.15, 0.2) is 97.6 Å². The van der Waals surface area contributed by atoms with E-state index >= 15 is 0 Å². The number of benzene rings is 3. The topological polar surface area (TPSA) is 115 Å². The van der Waals surface area contributed by atoms with Gasteiger partial charge in [-0.15, -0.1) is 6.42 Å². The second-order valence-corrected chi connectivity index (χ2v) is 16.2. The van der Waals surface area contributed by atoms with Crippen molar-refractivity contribution >= 4 is 41.4 Å². The molecule has 0 radical (unpaired) electrons. The molecule has 0 unspecified atom stereocenters. The van der Waals surface area contributed by atoms with E-state index in [4.69, 9.17) is 15.6 Å². The van der Waals surface area contributed by atoms with E-state index in [1.807, 2.05) is 60.7 Å². The van der Waals surface area contributed by atoms with Crippen molar-refractivity contribution in [1.82, 2.24) is 19.5 Å². The molecule has 2 aromatic heterocycles. The number of anilines is 2. The van der Waals surface area contributed by atoms with Gasteiger partial charge in [0.05, 0.1) is 12.9 Å². The van der Waals surface area contributed by atoms with Gasteiger partial charge < -0.3 is 24.7 Å². The number of nitrogens with one attached hydrogen (secondary N) is 1. The van der Waals surface area contributed by atoms with Gasteiger partial charge in [0.25, 0.3) is 8.32 Å². The molecule has 0 amide bonds. The first-order valence-electron chi connectivity index (χ1n) is 14.5. The van der Waals surface area contributed by atoms with Crippen molar-refractivity contribution in [3.8, 4) is 12.3 Å². The van der Waals surface area contributed by atoms with Crippen LogP contribution >= 0.6 is 0 Å². The zero-order valence-electron chi connectivity index (χ0n) is 24.8. The Morgan fingerprint density at radius 3 is 2.25 bits per heavy atom. The zero-order valence-corrected chi connectivity index (χ0v) is 25.8. The highest BCUT2D eigenvalue weighted by Crippen LogP contribution is 2.38. The summed E-state index contributed by atoms with van der Waals surface area (Å²) in [6.45, 7) is 6.65. The number of aliphatic hydroxyl groups excluding tert-OH is 2. The number of aliphatic hydroxyl groups is 2. The lowest BCUT2D eigenvalue weighted by molar-refractivity contribution is -0.0486. The molecule has 44 heavy (non-hydrogen) atoms. The highest BCUT2D eigenvalue weighted by atomic mass is 28.4. The molecule has 0 bridgehead atoms. The minimum Gasteiger partial charge on any atom is -0.405 e. The molecule has 3 N–H and O–H groups in total. The van der Waals surface area contributed by atoms with E-state index in [9.17, 15) is 10.2 Å². The normalized spacial score (nSPS) is 20.5. The molecule has 0 aliphatic carbocycles. The van der Waals surface area contributed by atoms with E-state index in [1.165, 1.54) is 12.7 Å². The number of fused-ring (bicyclic) bond motifs is 1. The fourth-order valence-electron chi connectivity index (χ4n) is 6.02. The lowest BCUT2D eigenvalue weighted by atomic mass is 10.1. The number of imidazole rings is 1. The van der Waals surface area contributed by atoms with Crippen LogP contribution in [0.25, 0.3) is 11.2 Å². The maximum atomic E-state index is 11.2. The molecule has 224 valence electrons. The van der Waals surface area contributed by atoms with Crippen LogP contribution < -0.4 is 15.7 Å². The lowest BCUT2D eigenvalue weighted by Crippen LogP contribution is -2.67. The van der Waals surface area contributed by atoms with Gasteiger partial charge in [0.2, 0.25) is 0 Å². The molecule has 6 rings (SSSR count). The van der Waals surface area contributed by atoms with Crippen molar-refractivity contribution in [3.63, 3.8) is 0 Å². The van der Waals surface area contributed by atoms with Crippen LogP contribution in [0.3, 0.4) is 0 Å². The Hall–Kier alpha value is -4.37. The average molecular weight is 606 g/mol. The first-order valence-corrected chi connectivity index (χ1v) is 16.4. The number of nitrogens with zero attached hydrogens (tertiary/aromatic N) is 4. The maximum absolute atomic E-state index is 11.2. The van der Waals surface area contributed by atoms with Crippen molar-refractivity contribution in [1.29, 1.82) is 0 Å². The van der Waals surface area contributed by atoms with Crippen LogP contribution in [0.4, 0.5) is 11.5 Å². The SMILES string of the molecule is C#Cc1cccc(Nc2ncnc3c2ncn3[C@@H]2O[C@H](CO[Si](c3ccccc3)(c3ccccc3)C(C)(C)C)[C@@H](O)[C@H]2O)c1. The molecule has 1 aliphatic rings.